The van der Waals surface area contributed by atoms with Crippen molar-refractivity contribution in [2.75, 3.05) is 5.73 Å². The van der Waals surface area contributed by atoms with Crippen molar-refractivity contribution >= 4 is 5.69 Å². The molecule has 84 valence electrons. The molecule has 1 nitrogen and oxygen atoms in total. The van der Waals surface area contributed by atoms with Crippen LogP contribution in [0.2, 0.25) is 0 Å². The number of rotatable bonds is 1. The molecule has 1 aromatic rings. The molecule has 0 aromatic heterocycles. The Morgan fingerprint density at radius 1 is 1.20 bits per heavy atom. The van der Waals surface area contributed by atoms with Crippen LogP contribution in [0, 0.1) is 12.7 Å². The Morgan fingerprint density at radius 2 is 1.73 bits per heavy atom. The van der Waals surface area contributed by atoms with E-state index in [1.165, 1.54) is 0 Å². The van der Waals surface area contributed by atoms with Crippen molar-refractivity contribution in [3.8, 4) is 0 Å². The summed E-state index contributed by atoms with van der Waals surface area (Å²) in [5.74, 6) is -0.00421. The first kappa shape index (κ1) is 12.0. The summed E-state index contributed by atoms with van der Waals surface area (Å²) < 4.78 is 13.7. The molecule has 0 unspecified atom stereocenters. The van der Waals surface area contributed by atoms with Crippen molar-refractivity contribution in [1.29, 1.82) is 0 Å². The molecule has 2 rings (SSSR count). The van der Waals surface area contributed by atoms with Crippen molar-refractivity contribution in [3.05, 3.63) is 28.1 Å². The minimum atomic E-state index is -0.00421. The van der Waals surface area contributed by atoms with Gasteiger partial charge in [0.1, 0.15) is 5.82 Å². The van der Waals surface area contributed by atoms with Gasteiger partial charge in [0.25, 0.3) is 0 Å². The first-order chi connectivity index (χ1) is 7.16. The van der Waals surface area contributed by atoms with Gasteiger partial charge in [-0.3, -0.25) is 0 Å². The van der Waals surface area contributed by atoms with Gasteiger partial charge in [-0.15, -0.1) is 0 Å². The highest BCUT2D eigenvalue weighted by Crippen LogP contribution is 2.36. The van der Waals surface area contributed by atoms with Crippen LogP contribution in [0.3, 0.4) is 0 Å². The third kappa shape index (κ3) is 1.73. The molecule has 0 saturated carbocycles. The average Bonchev–Trinajstić information content (AvgIpc) is 2.18. The highest BCUT2D eigenvalue weighted by molar-refractivity contribution is 5.63. The Bertz CT molecular complexity index is 346. The molecule has 0 radical (unpaired) electrons. The fourth-order valence-electron chi connectivity index (χ4n) is 2.07. The van der Waals surface area contributed by atoms with Crippen molar-refractivity contribution in [2.45, 2.75) is 47.0 Å². The van der Waals surface area contributed by atoms with Crippen LogP contribution in [0.4, 0.5) is 10.1 Å². The molecule has 1 aliphatic carbocycles. The van der Waals surface area contributed by atoms with E-state index in [4.69, 9.17) is 5.73 Å². The lowest BCUT2D eigenvalue weighted by Crippen LogP contribution is -2.18. The molecule has 0 atom stereocenters. The summed E-state index contributed by atoms with van der Waals surface area (Å²) in [5, 5.41) is 0. The van der Waals surface area contributed by atoms with E-state index in [1.54, 1.807) is 0 Å². The molecule has 1 aliphatic rings. The number of fused-ring (bicyclic) bond motifs is 1. The molecule has 0 spiro atoms. The smallest absolute Gasteiger partial charge is 0.130 e. The molecular weight excluding hydrogens is 189 g/mol. The van der Waals surface area contributed by atoms with Gasteiger partial charge in [-0.05, 0) is 48.4 Å². The van der Waals surface area contributed by atoms with Gasteiger partial charge >= 0.3 is 0 Å². The highest BCUT2D eigenvalue weighted by atomic mass is 19.1. The second-order valence-electron chi connectivity index (χ2n) is 3.64. The van der Waals surface area contributed by atoms with Crippen molar-refractivity contribution < 1.29 is 4.39 Å². The number of nitrogen functional groups attached to an aromatic ring is 1. The Balaban J connectivity index is 0.000000531. The van der Waals surface area contributed by atoms with E-state index in [9.17, 15) is 4.39 Å². The maximum Gasteiger partial charge on any atom is 0.130 e. The molecule has 0 fully saturated rings. The van der Waals surface area contributed by atoms with Crippen molar-refractivity contribution in [2.24, 2.45) is 0 Å². The Kier molecular flexibility index (Phi) is 3.72. The zero-order valence-electron chi connectivity index (χ0n) is 10.1. The van der Waals surface area contributed by atoms with Gasteiger partial charge in [0.2, 0.25) is 0 Å². The van der Waals surface area contributed by atoms with E-state index in [1.807, 2.05) is 27.7 Å². The summed E-state index contributed by atoms with van der Waals surface area (Å²) in [6.45, 7) is 7.88. The van der Waals surface area contributed by atoms with Gasteiger partial charge in [0, 0.05) is 5.69 Å². The lowest BCUT2D eigenvalue weighted by Gasteiger charge is -2.25. The van der Waals surface area contributed by atoms with Gasteiger partial charge in [-0.1, -0.05) is 20.8 Å². The van der Waals surface area contributed by atoms with E-state index in [0.29, 0.717) is 0 Å². The van der Waals surface area contributed by atoms with E-state index in [2.05, 4.69) is 0 Å². The van der Waals surface area contributed by atoms with Crippen molar-refractivity contribution in [1.82, 2.24) is 0 Å². The third-order valence-corrected chi connectivity index (χ3v) is 3.05. The van der Waals surface area contributed by atoms with Gasteiger partial charge in [0.05, 0.1) is 0 Å². The number of halogens is 1. The molecule has 0 bridgehead atoms. The van der Waals surface area contributed by atoms with E-state index in [0.717, 1.165) is 47.2 Å². The Labute approximate surface area is 91.5 Å². The largest absolute Gasteiger partial charge is 0.398 e. The third-order valence-electron chi connectivity index (χ3n) is 3.05. The summed E-state index contributed by atoms with van der Waals surface area (Å²) in [6, 6.07) is 0. The zero-order valence-corrected chi connectivity index (χ0v) is 10.1. The fraction of sp³-hybridized carbons (Fsp3) is 0.538. The van der Waals surface area contributed by atoms with E-state index in [-0.39, 0.29) is 5.82 Å². The first-order valence-corrected chi connectivity index (χ1v) is 5.75. The number of benzene rings is 1. The minimum Gasteiger partial charge on any atom is -0.398 e. The highest BCUT2D eigenvalue weighted by Gasteiger charge is 2.24. The molecule has 2 heteroatoms. The number of anilines is 1. The van der Waals surface area contributed by atoms with Crippen LogP contribution < -0.4 is 5.73 Å². The second-order valence-corrected chi connectivity index (χ2v) is 3.64. The van der Waals surface area contributed by atoms with Gasteiger partial charge in [-0.25, -0.2) is 4.39 Å². The minimum absolute atomic E-state index is 0.00421. The predicted octanol–water partition coefficient (Wildman–Crippen LogP) is 3.40. The van der Waals surface area contributed by atoms with E-state index >= 15 is 0 Å². The van der Waals surface area contributed by atoms with Crippen LogP contribution in [0.5, 0.6) is 0 Å². The van der Waals surface area contributed by atoms with Crippen LogP contribution in [0.1, 0.15) is 43.0 Å². The maximum atomic E-state index is 13.7. The standard InChI is InChI=1S/C11H14FN.C2H6/c1-3-7-6(2)11(13)9-5-4-8(9)10(7)12;1-2/h3-5,13H2,1-2H3;1-2H3. The summed E-state index contributed by atoms with van der Waals surface area (Å²) in [4.78, 5) is 0. The number of hydrogen-bond donors (Lipinski definition) is 1. The van der Waals surface area contributed by atoms with Crippen LogP contribution in [0.25, 0.3) is 0 Å². The molecule has 2 N–H and O–H groups in total. The summed E-state index contributed by atoms with van der Waals surface area (Å²) in [6.07, 6.45) is 2.54. The van der Waals surface area contributed by atoms with Gasteiger partial charge in [0.15, 0.2) is 0 Å². The monoisotopic (exact) mass is 209 g/mol. The van der Waals surface area contributed by atoms with Gasteiger partial charge in [-0.2, -0.15) is 0 Å². The number of hydrogen-bond acceptors (Lipinski definition) is 1. The average molecular weight is 209 g/mol. The zero-order chi connectivity index (χ0) is 11.6. The second kappa shape index (κ2) is 4.65. The molecule has 1 aromatic carbocycles. The first-order valence-electron chi connectivity index (χ1n) is 5.75. The fourth-order valence-corrected chi connectivity index (χ4v) is 2.07. The Hall–Kier alpha value is -1.05. The SMILES string of the molecule is CC.CCc1c(C)c(N)c2c(c1F)CC2. The summed E-state index contributed by atoms with van der Waals surface area (Å²) in [5.41, 5.74) is 10.4. The molecule has 0 heterocycles. The lowest BCUT2D eigenvalue weighted by atomic mass is 9.82. The quantitative estimate of drug-likeness (QED) is 0.705. The predicted molar refractivity (Wildman–Crippen MR) is 63.7 cm³/mol. The number of nitrogens with two attached hydrogens (primary N) is 1. The molecule has 15 heavy (non-hydrogen) atoms. The summed E-state index contributed by atoms with van der Waals surface area (Å²) in [7, 11) is 0. The van der Waals surface area contributed by atoms with Crippen LogP contribution in [-0.2, 0) is 19.3 Å². The van der Waals surface area contributed by atoms with E-state index < -0.39 is 0 Å². The molecular formula is C13H20FN. The maximum absolute atomic E-state index is 13.7. The topological polar surface area (TPSA) is 26.0 Å². The molecule has 0 amide bonds. The van der Waals surface area contributed by atoms with Crippen LogP contribution in [-0.4, -0.2) is 0 Å². The van der Waals surface area contributed by atoms with Crippen LogP contribution in [0.15, 0.2) is 0 Å². The normalized spacial score (nSPS) is 12.3. The molecule has 0 saturated heterocycles. The van der Waals surface area contributed by atoms with Crippen LogP contribution >= 0.6 is 0 Å². The van der Waals surface area contributed by atoms with Gasteiger partial charge < -0.3 is 5.73 Å². The van der Waals surface area contributed by atoms with Crippen molar-refractivity contribution in [3.63, 3.8) is 0 Å². The lowest BCUT2D eigenvalue weighted by molar-refractivity contribution is 0.573. The Morgan fingerprint density at radius 3 is 2.13 bits per heavy atom. The molecule has 0 aliphatic heterocycles. The summed E-state index contributed by atoms with van der Waals surface area (Å²) >= 11 is 0.